The van der Waals surface area contributed by atoms with Gasteiger partial charge in [0.05, 0.1) is 16.6 Å². The van der Waals surface area contributed by atoms with E-state index in [0.29, 0.717) is 17.4 Å². The van der Waals surface area contributed by atoms with Crippen LogP contribution in [0.5, 0.6) is 0 Å². The summed E-state index contributed by atoms with van der Waals surface area (Å²) in [5, 5.41) is 8.94. The molecule has 0 radical (unpaired) electrons. The third-order valence-electron chi connectivity index (χ3n) is 5.41. The minimum absolute atomic E-state index is 0.236. The normalized spacial score (nSPS) is 15.7. The highest BCUT2D eigenvalue weighted by Gasteiger charge is 2.24. The van der Waals surface area contributed by atoms with Gasteiger partial charge in [-0.25, -0.2) is 9.67 Å². The van der Waals surface area contributed by atoms with Crippen molar-refractivity contribution in [2.45, 2.75) is 45.6 Å². The second-order valence-electron chi connectivity index (χ2n) is 8.76. The van der Waals surface area contributed by atoms with E-state index in [1.54, 1.807) is 0 Å². The van der Waals surface area contributed by atoms with Gasteiger partial charge in [0, 0.05) is 18.7 Å². The number of nitrogens with zero attached hydrogens (tertiary/aromatic N) is 5. The topological polar surface area (TPSA) is 84.9 Å². The molecule has 3 heterocycles. The molecule has 29 heavy (non-hydrogen) atoms. The molecule has 1 aliphatic heterocycles. The van der Waals surface area contributed by atoms with E-state index < -0.39 is 0 Å². The molecule has 7 heteroatoms. The Morgan fingerprint density at radius 2 is 1.76 bits per heavy atom. The highest BCUT2D eigenvalue weighted by atomic mass is 15.4. The Balaban J connectivity index is 1.68. The van der Waals surface area contributed by atoms with E-state index in [0.717, 1.165) is 29.7 Å². The molecule has 3 aromatic rings. The number of hydrogen-bond acceptors (Lipinski definition) is 6. The van der Waals surface area contributed by atoms with Gasteiger partial charge in [0.25, 0.3) is 0 Å². The summed E-state index contributed by atoms with van der Waals surface area (Å²) in [4.78, 5) is 12.0. The van der Waals surface area contributed by atoms with Crippen LogP contribution in [0.3, 0.4) is 0 Å². The Bertz CT molecular complexity index is 966. The van der Waals surface area contributed by atoms with Crippen LogP contribution >= 0.6 is 0 Å². The van der Waals surface area contributed by atoms with Crippen LogP contribution in [-0.2, 0) is 5.54 Å². The van der Waals surface area contributed by atoms with Gasteiger partial charge in [-0.15, -0.1) is 5.10 Å². The minimum atomic E-state index is -0.236. The molecule has 1 saturated heterocycles. The highest BCUT2D eigenvalue weighted by Crippen LogP contribution is 2.33. The summed E-state index contributed by atoms with van der Waals surface area (Å²) < 4.78 is 1.84. The van der Waals surface area contributed by atoms with Crippen molar-refractivity contribution in [3.05, 3.63) is 30.3 Å². The van der Waals surface area contributed by atoms with Gasteiger partial charge in [0.2, 0.25) is 5.95 Å². The lowest BCUT2D eigenvalue weighted by molar-refractivity contribution is 0.237. The van der Waals surface area contributed by atoms with Gasteiger partial charge in [0.15, 0.2) is 5.65 Å². The molecule has 1 aromatic carbocycles. The van der Waals surface area contributed by atoms with Crippen molar-refractivity contribution >= 4 is 22.8 Å². The van der Waals surface area contributed by atoms with E-state index in [-0.39, 0.29) is 5.54 Å². The Morgan fingerprint density at radius 3 is 2.45 bits per heavy atom. The standard InChI is InChI=1S/C22H31N7/c1-22(2,3)29-19(23)17-18(16-10-6-4-7-11-16)25-21(26-20(17)27-29)24-12-15-28-13-8-5-9-14-28/h4,6-7,10-11H,5,8-9,12-15,23H2,1-3H3,(H,24,26,27). The molecule has 0 saturated carbocycles. The summed E-state index contributed by atoms with van der Waals surface area (Å²) in [7, 11) is 0. The monoisotopic (exact) mass is 393 g/mol. The maximum absolute atomic E-state index is 6.50. The molecule has 154 valence electrons. The first-order chi connectivity index (χ1) is 13.9. The molecule has 7 nitrogen and oxygen atoms in total. The van der Waals surface area contributed by atoms with Gasteiger partial charge in [-0.2, -0.15) is 4.98 Å². The molecule has 2 aromatic heterocycles. The number of rotatable bonds is 5. The van der Waals surface area contributed by atoms with E-state index >= 15 is 0 Å². The van der Waals surface area contributed by atoms with E-state index in [1.165, 1.54) is 32.4 Å². The molecule has 0 bridgehead atoms. The molecule has 0 spiro atoms. The van der Waals surface area contributed by atoms with Crippen LogP contribution in [0.1, 0.15) is 40.0 Å². The number of aromatic nitrogens is 4. The first-order valence-electron chi connectivity index (χ1n) is 10.5. The fourth-order valence-electron chi connectivity index (χ4n) is 3.92. The van der Waals surface area contributed by atoms with Gasteiger partial charge in [-0.3, -0.25) is 0 Å². The second-order valence-corrected chi connectivity index (χ2v) is 8.76. The average molecular weight is 394 g/mol. The third kappa shape index (κ3) is 4.19. The molecule has 0 atom stereocenters. The summed E-state index contributed by atoms with van der Waals surface area (Å²) >= 11 is 0. The van der Waals surface area contributed by atoms with Crippen molar-refractivity contribution in [1.29, 1.82) is 0 Å². The Hall–Kier alpha value is -2.67. The predicted molar refractivity (Wildman–Crippen MR) is 119 cm³/mol. The molecule has 1 aliphatic rings. The number of anilines is 2. The summed E-state index contributed by atoms with van der Waals surface area (Å²) in [5.41, 5.74) is 8.74. The summed E-state index contributed by atoms with van der Waals surface area (Å²) in [6.45, 7) is 10.4. The minimum Gasteiger partial charge on any atom is -0.383 e. The van der Waals surface area contributed by atoms with Crippen LogP contribution in [0.25, 0.3) is 22.3 Å². The summed E-state index contributed by atoms with van der Waals surface area (Å²) in [6.07, 6.45) is 3.94. The highest BCUT2D eigenvalue weighted by molar-refractivity contribution is 5.99. The Kier molecular flexibility index (Phi) is 5.41. The number of likely N-dealkylation sites (tertiary alicyclic amines) is 1. The molecule has 0 unspecified atom stereocenters. The van der Waals surface area contributed by atoms with Crippen LogP contribution < -0.4 is 11.1 Å². The van der Waals surface area contributed by atoms with Crippen molar-refractivity contribution in [2.24, 2.45) is 0 Å². The number of benzene rings is 1. The lowest BCUT2D eigenvalue weighted by Gasteiger charge is -2.26. The first kappa shape index (κ1) is 19.6. The second kappa shape index (κ2) is 7.99. The molecule has 1 fully saturated rings. The smallest absolute Gasteiger partial charge is 0.225 e. The third-order valence-corrected chi connectivity index (χ3v) is 5.41. The predicted octanol–water partition coefficient (Wildman–Crippen LogP) is 3.73. The number of nitrogen functional groups attached to an aromatic ring is 1. The summed E-state index contributed by atoms with van der Waals surface area (Å²) in [6, 6.07) is 10.1. The zero-order chi connectivity index (χ0) is 20.4. The van der Waals surface area contributed by atoms with Crippen LogP contribution in [0, 0.1) is 0 Å². The van der Waals surface area contributed by atoms with E-state index in [2.05, 4.69) is 36.0 Å². The molecular formula is C22H31N7. The largest absolute Gasteiger partial charge is 0.383 e. The SMILES string of the molecule is CC(C)(C)n1nc2nc(NCCN3CCCCC3)nc(-c3ccccc3)c2c1N. The number of hydrogen-bond donors (Lipinski definition) is 2. The van der Waals surface area contributed by atoms with Gasteiger partial charge in [0.1, 0.15) is 5.82 Å². The van der Waals surface area contributed by atoms with Crippen molar-refractivity contribution in [3.63, 3.8) is 0 Å². The average Bonchev–Trinajstić information content (AvgIpc) is 3.06. The van der Waals surface area contributed by atoms with Crippen LogP contribution in [0.2, 0.25) is 0 Å². The van der Waals surface area contributed by atoms with Crippen LogP contribution in [0.4, 0.5) is 11.8 Å². The fourth-order valence-corrected chi connectivity index (χ4v) is 3.92. The fraction of sp³-hybridized carbons (Fsp3) is 0.500. The number of nitrogens with two attached hydrogens (primary N) is 1. The maximum Gasteiger partial charge on any atom is 0.225 e. The van der Waals surface area contributed by atoms with Crippen molar-refractivity contribution in [1.82, 2.24) is 24.6 Å². The zero-order valence-corrected chi connectivity index (χ0v) is 17.6. The van der Waals surface area contributed by atoms with Crippen molar-refractivity contribution < 1.29 is 0 Å². The quantitative estimate of drug-likeness (QED) is 0.687. The first-order valence-corrected chi connectivity index (χ1v) is 10.5. The van der Waals surface area contributed by atoms with Gasteiger partial charge in [-0.1, -0.05) is 36.8 Å². The molecular weight excluding hydrogens is 362 g/mol. The van der Waals surface area contributed by atoms with E-state index in [9.17, 15) is 0 Å². The Morgan fingerprint density at radius 1 is 1.03 bits per heavy atom. The molecule has 0 amide bonds. The van der Waals surface area contributed by atoms with Crippen LogP contribution in [-0.4, -0.2) is 50.8 Å². The lowest BCUT2D eigenvalue weighted by Crippen LogP contribution is -2.33. The summed E-state index contributed by atoms with van der Waals surface area (Å²) in [5.74, 6) is 1.21. The van der Waals surface area contributed by atoms with E-state index in [4.69, 9.17) is 15.8 Å². The number of fused-ring (bicyclic) bond motifs is 1. The van der Waals surface area contributed by atoms with Crippen molar-refractivity contribution in [2.75, 3.05) is 37.2 Å². The van der Waals surface area contributed by atoms with Crippen LogP contribution in [0.15, 0.2) is 30.3 Å². The van der Waals surface area contributed by atoms with E-state index in [1.807, 2.05) is 35.0 Å². The van der Waals surface area contributed by atoms with Gasteiger partial charge in [-0.05, 0) is 46.7 Å². The molecule has 0 aliphatic carbocycles. The zero-order valence-electron chi connectivity index (χ0n) is 17.6. The number of piperidine rings is 1. The number of nitrogens with one attached hydrogen (secondary N) is 1. The lowest BCUT2D eigenvalue weighted by atomic mass is 10.1. The van der Waals surface area contributed by atoms with Gasteiger partial charge < -0.3 is 16.0 Å². The van der Waals surface area contributed by atoms with Crippen molar-refractivity contribution in [3.8, 4) is 11.3 Å². The maximum atomic E-state index is 6.50. The Labute approximate surface area is 172 Å². The molecule has 3 N–H and O–H groups in total. The molecule has 4 rings (SSSR count). The van der Waals surface area contributed by atoms with Gasteiger partial charge >= 0.3 is 0 Å².